The Morgan fingerprint density at radius 3 is 2.09 bits per heavy atom. The summed E-state index contributed by atoms with van der Waals surface area (Å²) in [7, 11) is -2.84. The molecule has 12 heteroatoms. The summed E-state index contributed by atoms with van der Waals surface area (Å²) in [6.07, 6.45) is -2.92. The molecule has 1 aliphatic heterocycles. The summed E-state index contributed by atoms with van der Waals surface area (Å²) in [4.78, 5) is 1.93. The lowest BCUT2D eigenvalue weighted by Crippen LogP contribution is -2.41. The molecular weight excluding hydrogens is 608 g/mol. The molecule has 1 fully saturated rings. The lowest BCUT2D eigenvalue weighted by Gasteiger charge is -2.40. The zero-order valence-electron chi connectivity index (χ0n) is 24.2. The van der Waals surface area contributed by atoms with Crippen molar-refractivity contribution in [3.05, 3.63) is 114 Å². The van der Waals surface area contributed by atoms with E-state index >= 15 is 0 Å². The van der Waals surface area contributed by atoms with Gasteiger partial charge in [0, 0.05) is 13.0 Å². The molecule has 45 heavy (non-hydrogen) atoms. The fourth-order valence-corrected chi connectivity index (χ4v) is 6.85. The van der Waals surface area contributed by atoms with Crippen LogP contribution in [0, 0.1) is 5.92 Å². The van der Waals surface area contributed by atoms with Crippen molar-refractivity contribution < 1.29 is 41.4 Å². The molecule has 1 atom stereocenters. The number of halogens is 3. The molecule has 0 spiro atoms. The van der Waals surface area contributed by atoms with Gasteiger partial charge in [0.25, 0.3) is 0 Å². The molecule has 0 aromatic heterocycles. The Hall–Kier alpha value is -4.63. The fourth-order valence-electron chi connectivity index (χ4n) is 5.49. The standard InChI is InChI=1S/C33H30F3N2O6P/c1-41-30-20-28-24(18-29(30)39)19-31(37-45(40,43-25-10-4-2-5-11-25)44-26-12-6-3-7-13-26)38(32(28)23-15-16-23)21-22-9-8-14-27(17-22)42-33(34,35)36/h2-14,17-18,20,23,32,39H,15-16,19,21H2,1H3/b37-31-. The van der Waals surface area contributed by atoms with E-state index in [1.807, 2.05) is 4.90 Å². The fraction of sp³-hybridized carbons (Fsp3) is 0.242. The first-order valence-corrected chi connectivity index (χ1v) is 15.8. The molecule has 1 N–H and O–H groups in total. The Balaban J connectivity index is 1.47. The number of hydrogen-bond donors (Lipinski definition) is 1. The van der Waals surface area contributed by atoms with Gasteiger partial charge in [0.05, 0.1) is 13.2 Å². The first-order valence-electron chi connectivity index (χ1n) is 14.3. The maximum absolute atomic E-state index is 14.5. The highest BCUT2D eigenvalue weighted by Gasteiger charge is 2.44. The second-order valence-corrected chi connectivity index (χ2v) is 12.3. The summed E-state index contributed by atoms with van der Waals surface area (Å²) in [6.45, 7) is 0.119. The summed E-state index contributed by atoms with van der Waals surface area (Å²) in [6, 6.07) is 25.9. The zero-order chi connectivity index (χ0) is 31.6. The van der Waals surface area contributed by atoms with Gasteiger partial charge < -0.3 is 28.5 Å². The average Bonchev–Trinajstić information content (AvgIpc) is 3.83. The van der Waals surface area contributed by atoms with Gasteiger partial charge in [-0.3, -0.25) is 0 Å². The molecule has 1 saturated carbocycles. The molecule has 4 aromatic carbocycles. The van der Waals surface area contributed by atoms with Crippen LogP contribution in [0.4, 0.5) is 13.2 Å². The van der Waals surface area contributed by atoms with E-state index in [4.69, 9.17) is 13.8 Å². The molecule has 0 saturated heterocycles. The van der Waals surface area contributed by atoms with E-state index in [9.17, 15) is 22.8 Å². The number of ether oxygens (including phenoxy) is 2. The van der Waals surface area contributed by atoms with Crippen molar-refractivity contribution in [3.8, 4) is 28.7 Å². The van der Waals surface area contributed by atoms with Crippen molar-refractivity contribution in [1.29, 1.82) is 0 Å². The van der Waals surface area contributed by atoms with Gasteiger partial charge in [0.2, 0.25) is 0 Å². The van der Waals surface area contributed by atoms with E-state index in [2.05, 4.69) is 9.50 Å². The lowest BCUT2D eigenvalue weighted by molar-refractivity contribution is -0.274. The number of aromatic hydroxyl groups is 1. The second-order valence-electron chi connectivity index (χ2n) is 10.8. The van der Waals surface area contributed by atoms with Crippen LogP contribution in [0.25, 0.3) is 0 Å². The number of phenolic OH excluding ortho intramolecular Hbond substituents is 1. The molecule has 0 bridgehead atoms. The van der Waals surface area contributed by atoms with Gasteiger partial charge in [-0.25, -0.2) is 4.57 Å². The number of fused-ring (bicyclic) bond motifs is 1. The quantitative estimate of drug-likeness (QED) is 0.174. The highest BCUT2D eigenvalue weighted by molar-refractivity contribution is 7.53. The van der Waals surface area contributed by atoms with E-state index < -0.39 is 14.1 Å². The predicted octanol–water partition coefficient (Wildman–Crippen LogP) is 8.47. The van der Waals surface area contributed by atoms with Crippen LogP contribution in [0.15, 0.2) is 102 Å². The maximum atomic E-state index is 14.5. The largest absolute Gasteiger partial charge is 0.573 e. The number of nitrogens with zero attached hydrogens (tertiary/aromatic N) is 2. The van der Waals surface area contributed by atoms with Crippen LogP contribution in [-0.2, 0) is 17.5 Å². The van der Waals surface area contributed by atoms with Crippen molar-refractivity contribution in [1.82, 2.24) is 4.90 Å². The van der Waals surface area contributed by atoms with Crippen LogP contribution in [0.5, 0.6) is 28.7 Å². The van der Waals surface area contributed by atoms with Crippen molar-refractivity contribution in [2.75, 3.05) is 7.11 Å². The van der Waals surface area contributed by atoms with Crippen molar-refractivity contribution in [3.63, 3.8) is 0 Å². The molecule has 1 heterocycles. The van der Waals surface area contributed by atoms with Gasteiger partial charge in [0.15, 0.2) is 11.5 Å². The first-order chi connectivity index (χ1) is 21.6. The zero-order valence-corrected chi connectivity index (χ0v) is 25.1. The van der Waals surface area contributed by atoms with Gasteiger partial charge in [-0.1, -0.05) is 48.5 Å². The molecule has 6 rings (SSSR count). The van der Waals surface area contributed by atoms with Crippen LogP contribution >= 0.6 is 7.75 Å². The van der Waals surface area contributed by atoms with Gasteiger partial charge >= 0.3 is 14.1 Å². The van der Waals surface area contributed by atoms with E-state index in [0.29, 0.717) is 17.1 Å². The van der Waals surface area contributed by atoms with Crippen LogP contribution in [0.1, 0.15) is 35.6 Å². The number of methoxy groups -OCH3 is 1. The van der Waals surface area contributed by atoms with Crippen molar-refractivity contribution in [2.24, 2.45) is 10.7 Å². The van der Waals surface area contributed by atoms with E-state index in [0.717, 1.165) is 24.0 Å². The van der Waals surface area contributed by atoms with Crippen LogP contribution < -0.4 is 18.5 Å². The minimum atomic E-state index is -4.85. The lowest BCUT2D eigenvalue weighted by atomic mass is 9.88. The Kier molecular flexibility index (Phi) is 8.38. The monoisotopic (exact) mass is 638 g/mol. The number of hydrogen-bond acceptors (Lipinski definition) is 6. The summed E-state index contributed by atoms with van der Waals surface area (Å²) in [5.41, 5.74) is 2.16. The van der Waals surface area contributed by atoms with Gasteiger partial charge in [-0.05, 0) is 84.0 Å². The topological polar surface area (TPSA) is 89.8 Å². The highest BCUT2D eigenvalue weighted by atomic mass is 31.2. The van der Waals surface area contributed by atoms with Crippen LogP contribution in [-0.4, -0.2) is 29.3 Å². The second kappa shape index (κ2) is 12.4. The number of alkyl halides is 3. The van der Waals surface area contributed by atoms with E-state index in [1.54, 1.807) is 78.9 Å². The number of rotatable bonds is 10. The maximum Gasteiger partial charge on any atom is 0.573 e. The molecule has 1 aliphatic carbocycles. The molecule has 8 nitrogen and oxygen atoms in total. The number of benzene rings is 4. The van der Waals surface area contributed by atoms with Crippen molar-refractivity contribution in [2.45, 2.75) is 38.2 Å². The molecule has 234 valence electrons. The SMILES string of the molecule is COc1cc2c(cc1O)C/C(=N/P(=O)(Oc1ccccc1)Oc1ccccc1)N(Cc1cccc(OC(F)(F)F)c1)C2C1CC1. The number of amidine groups is 1. The minimum absolute atomic E-state index is 0.0557. The van der Waals surface area contributed by atoms with Crippen LogP contribution in [0.2, 0.25) is 0 Å². The molecule has 0 amide bonds. The Bertz CT molecular complexity index is 1690. The van der Waals surface area contributed by atoms with Crippen molar-refractivity contribution >= 4 is 13.6 Å². The minimum Gasteiger partial charge on any atom is -0.504 e. The summed E-state index contributed by atoms with van der Waals surface area (Å²) in [5.74, 6) is 0.953. The smallest absolute Gasteiger partial charge is 0.504 e. The van der Waals surface area contributed by atoms with E-state index in [-0.39, 0.29) is 47.9 Å². The molecule has 4 aromatic rings. The summed E-state index contributed by atoms with van der Waals surface area (Å²) in [5, 5.41) is 10.7. The molecule has 0 radical (unpaired) electrons. The molecule has 1 unspecified atom stereocenters. The first kappa shape index (κ1) is 30.4. The predicted molar refractivity (Wildman–Crippen MR) is 162 cm³/mol. The third-order valence-electron chi connectivity index (χ3n) is 7.49. The number of phenols is 1. The van der Waals surface area contributed by atoms with Gasteiger partial charge in [-0.2, -0.15) is 0 Å². The summed E-state index contributed by atoms with van der Waals surface area (Å²) < 4.78 is 79.8. The number of para-hydroxylation sites is 2. The third-order valence-corrected chi connectivity index (χ3v) is 8.85. The summed E-state index contributed by atoms with van der Waals surface area (Å²) >= 11 is 0. The normalized spacial score (nSPS) is 17.5. The molecule has 2 aliphatic rings. The Morgan fingerprint density at radius 1 is 0.889 bits per heavy atom. The Labute approximate surface area is 258 Å². The van der Waals surface area contributed by atoms with E-state index in [1.165, 1.54) is 25.3 Å². The van der Waals surface area contributed by atoms with Gasteiger partial charge in [0.1, 0.15) is 23.1 Å². The highest BCUT2D eigenvalue weighted by Crippen LogP contribution is 2.54. The molecular formula is C33H30F3N2O6P. The third kappa shape index (κ3) is 7.37. The average molecular weight is 639 g/mol. The van der Waals surface area contributed by atoms with Crippen LogP contribution in [0.3, 0.4) is 0 Å². The van der Waals surface area contributed by atoms with Gasteiger partial charge in [-0.15, -0.1) is 17.9 Å². The Morgan fingerprint density at radius 2 is 1.51 bits per heavy atom.